The maximum Gasteiger partial charge on any atom is 0.222 e. The molecule has 3 heteroatoms. The second-order valence-electron chi connectivity index (χ2n) is 4.18. The van der Waals surface area contributed by atoms with Crippen molar-refractivity contribution in [2.45, 2.75) is 58.1 Å². The van der Waals surface area contributed by atoms with E-state index in [0.29, 0.717) is 18.4 Å². The summed E-state index contributed by atoms with van der Waals surface area (Å²) in [6, 6.07) is 0.347. The number of nitrogens with zero attached hydrogens (tertiary/aromatic N) is 1. The minimum absolute atomic E-state index is 0.248. The fourth-order valence-corrected chi connectivity index (χ4v) is 2.07. The molecule has 2 unspecified atom stereocenters. The molecule has 0 aromatic heterocycles. The Kier molecular flexibility index (Phi) is 4.39. The zero-order valence-corrected chi connectivity index (χ0v) is 9.20. The average molecular weight is 199 g/mol. The maximum absolute atomic E-state index is 11.5. The van der Waals surface area contributed by atoms with Gasteiger partial charge in [-0.15, -0.1) is 0 Å². The van der Waals surface area contributed by atoms with Crippen molar-refractivity contribution in [1.82, 2.24) is 4.90 Å². The van der Waals surface area contributed by atoms with Crippen molar-refractivity contribution in [2.24, 2.45) is 0 Å². The van der Waals surface area contributed by atoms with E-state index in [0.717, 1.165) is 32.2 Å². The van der Waals surface area contributed by atoms with Crippen LogP contribution in [0.3, 0.4) is 0 Å². The number of aliphatic hydroxyl groups is 1. The van der Waals surface area contributed by atoms with E-state index in [1.165, 1.54) is 0 Å². The number of rotatable bonds is 5. The molecule has 1 amide bonds. The van der Waals surface area contributed by atoms with Crippen LogP contribution < -0.4 is 0 Å². The molecule has 14 heavy (non-hydrogen) atoms. The Hall–Kier alpha value is -0.570. The summed E-state index contributed by atoms with van der Waals surface area (Å²) in [5.74, 6) is 0.294. The van der Waals surface area contributed by atoms with Gasteiger partial charge in [-0.25, -0.2) is 0 Å². The number of carbonyl (C=O) groups is 1. The first-order valence-electron chi connectivity index (χ1n) is 5.62. The lowest BCUT2D eigenvalue weighted by molar-refractivity contribution is -0.130. The van der Waals surface area contributed by atoms with Gasteiger partial charge in [-0.2, -0.15) is 0 Å². The standard InChI is InChI=1S/C11H21NO2/c1-3-10(7-6-9(2)13)12-8-4-5-11(12)14/h9-10,13H,3-8H2,1-2H3. The normalized spacial score (nSPS) is 21.4. The molecule has 0 aromatic rings. The molecule has 1 rings (SSSR count). The zero-order chi connectivity index (χ0) is 10.6. The molecule has 2 atom stereocenters. The van der Waals surface area contributed by atoms with E-state index in [1.54, 1.807) is 6.92 Å². The third kappa shape index (κ3) is 2.98. The van der Waals surface area contributed by atoms with Crippen molar-refractivity contribution in [1.29, 1.82) is 0 Å². The number of amides is 1. The number of carbonyl (C=O) groups excluding carboxylic acids is 1. The van der Waals surface area contributed by atoms with Crippen molar-refractivity contribution in [3.63, 3.8) is 0 Å². The van der Waals surface area contributed by atoms with E-state index < -0.39 is 0 Å². The van der Waals surface area contributed by atoms with Crippen LogP contribution in [0.1, 0.15) is 46.0 Å². The van der Waals surface area contributed by atoms with E-state index in [9.17, 15) is 9.90 Å². The van der Waals surface area contributed by atoms with Crippen LogP contribution in [-0.2, 0) is 4.79 Å². The fraction of sp³-hybridized carbons (Fsp3) is 0.909. The van der Waals surface area contributed by atoms with Crippen LogP contribution in [0.4, 0.5) is 0 Å². The highest BCUT2D eigenvalue weighted by atomic mass is 16.3. The number of hydrogen-bond acceptors (Lipinski definition) is 2. The minimum Gasteiger partial charge on any atom is -0.393 e. The fourth-order valence-electron chi connectivity index (χ4n) is 2.07. The lowest BCUT2D eigenvalue weighted by Crippen LogP contribution is -2.36. The predicted molar refractivity (Wildman–Crippen MR) is 55.9 cm³/mol. The molecule has 1 saturated heterocycles. The predicted octanol–water partition coefficient (Wildman–Crippen LogP) is 1.55. The number of likely N-dealkylation sites (tertiary alicyclic amines) is 1. The molecule has 0 aliphatic carbocycles. The Morgan fingerprint density at radius 2 is 2.21 bits per heavy atom. The summed E-state index contributed by atoms with van der Waals surface area (Å²) in [5, 5.41) is 9.20. The minimum atomic E-state index is -0.248. The van der Waals surface area contributed by atoms with Crippen molar-refractivity contribution in [3.05, 3.63) is 0 Å². The van der Waals surface area contributed by atoms with Crippen LogP contribution in [0.25, 0.3) is 0 Å². The molecule has 0 saturated carbocycles. The van der Waals surface area contributed by atoms with E-state index >= 15 is 0 Å². The summed E-state index contributed by atoms with van der Waals surface area (Å²) < 4.78 is 0. The van der Waals surface area contributed by atoms with Gasteiger partial charge in [0.05, 0.1) is 6.10 Å². The van der Waals surface area contributed by atoms with Gasteiger partial charge in [-0.3, -0.25) is 4.79 Å². The molecule has 1 fully saturated rings. The van der Waals surface area contributed by atoms with E-state index in [1.807, 2.05) is 4.90 Å². The van der Waals surface area contributed by atoms with Gasteiger partial charge < -0.3 is 10.0 Å². The third-order valence-corrected chi connectivity index (χ3v) is 2.94. The van der Waals surface area contributed by atoms with Crippen molar-refractivity contribution >= 4 is 5.91 Å². The highest BCUT2D eigenvalue weighted by Crippen LogP contribution is 2.19. The Balaban J connectivity index is 2.40. The van der Waals surface area contributed by atoms with Gasteiger partial charge in [0.25, 0.3) is 0 Å². The topological polar surface area (TPSA) is 40.5 Å². The highest BCUT2D eigenvalue weighted by molar-refractivity contribution is 5.78. The van der Waals surface area contributed by atoms with Crippen LogP contribution in [0.15, 0.2) is 0 Å². The Labute approximate surface area is 86.1 Å². The SMILES string of the molecule is CCC(CCC(C)O)N1CCCC1=O. The lowest BCUT2D eigenvalue weighted by Gasteiger charge is -2.27. The average Bonchev–Trinajstić information content (AvgIpc) is 2.53. The third-order valence-electron chi connectivity index (χ3n) is 2.94. The number of hydrogen-bond donors (Lipinski definition) is 1. The summed E-state index contributed by atoms with van der Waals surface area (Å²) in [4.78, 5) is 13.5. The van der Waals surface area contributed by atoms with Gasteiger partial charge in [-0.1, -0.05) is 6.92 Å². The molecule has 3 nitrogen and oxygen atoms in total. The van der Waals surface area contributed by atoms with Gasteiger partial charge in [0.2, 0.25) is 5.91 Å². The second-order valence-corrected chi connectivity index (χ2v) is 4.18. The Bertz CT molecular complexity index is 192. The van der Waals surface area contributed by atoms with Crippen LogP contribution in [0.5, 0.6) is 0 Å². The van der Waals surface area contributed by atoms with Crippen molar-refractivity contribution in [2.75, 3.05) is 6.54 Å². The van der Waals surface area contributed by atoms with Gasteiger partial charge in [-0.05, 0) is 32.6 Å². The monoisotopic (exact) mass is 199 g/mol. The molecule has 1 aliphatic rings. The molecule has 0 bridgehead atoms. The summed E-state index contributed by atoms with van der Waals surface area (Å²) in [6.07, 6.45) is 4.19. The first kappa shape index (κ1) is 11.5. The smallest absolute Gasteiger partial charge is 0.222 e. The summed E-state index contributed by atoms with van der Waals surface area (Å²) in [5.41, 5.74) is 0. The zero-order valence-electron chi connectivity index (χ0n) is 9.20. The van der Waals surface area contributed by atoms with E-state index in [4.69, 9.17) is 0 Å². The molecular formula is C11H21NO2. The molecule has 82 valence electrons. The Morgan fingerprint density at radius 1 is 1.50 bits per heavy atom. The first-order chi connectivity index (χ1) is 6.65. The van der Waals surface area contributed by atoms with E-state index in [2.05, 4.69) is 6.92 Å². The highest BCUT2D eigenvalue weighted by Gasteiger charge is 2.26. The maximum atomic E-state index is 11.5. The molecular weight excluding hydrogens is 178 g/mol. The molecule has 1 heterocycles. The van der Waals surface area contributed by atoms with Crippen LogP contribution in [0.2, 0.25) is 0 Å². The van der Waals surface area contributed by atoms with Gasteiger partial charge in [0, 0.05) is 19.0 Å². The molecule has 1 N–H and O–H groups in total. The van der Waals surface area contributed by atoms with Crippen LogP contribution in [0, 0.1) is 0 Å². The summed E-state index contributed by atoms with van der Waals surface area (Å²) in [6.45, 7) is 4.83. The first-order valence-corrected chi connectivity index (χ1v) is 5.62. The van der Waals surface area contributed by atoms with Gasteiger partial charge >= 0.3 is 0 Å². The van der Waals surface area contributed by atoms with Crippen molar-refractivity contribution < 1.29 is 9.90 Å². The quantitative estimate of drug-likeness (QED) is 0.729. The molecule has 0 radical (unpaired) electrons. The lowest BCUT2D eigenvalue weighted by atomic mass is 10.1. The second kappa shape index (κ2) is 5.35. The molecule has 0 spiro atoms. The Morgan fingerprint density at radius 3 is 2.64 bits per heavy atom. The van der Waals surface area contributed by atoms with Gasteiger partial charge in [0.15, 0.2) is 0 Å². The number of aliphatic hydroxyl groups excluding tert-OH is 1. The summed E-state index contributed by atoms with van der Waals surface area (Å²) in [7, 11) is 0. The van der Waals surface area contributed by atoms with Crippen molar-refractivity contribution in [3.8, 4) is 0 Å². The van der Waals surface area contributed by atoms with Crippen LogP contribution in [-0.4, -0.2) is 34.6 Å². The molecule has 0 aromatic carbocycles. The molecule has 1 aliphatic heterocycles. The van der Waals surface area contributed by atoms with E-state index in [-0.39, 0.29) is 6.10 Å². The summed E-state index contributed by atoms with van der Waals surface area (Å²) >= 11 is 0. The largest absolute Gasteiger partial charge is 0.393 e. The van der Waals surface area contributed by atoms with Gasteiger partial charge in [0.1, 0.15) is 0 Å². The van der Waals surface area contributed by atoms with Crippen LogP contribution >= 0.6 is 0 Å².